The van der Waals surface area contributed by atoms with Gasteiger partial charge in [-0.15, -0.1) is 10.2 Å². The summed E-state index contributed by atoms with van der Waals surface area (Å²) in [5.74, 6) is 0.987. The van der Waals surface area contributed by atoms with Crippen LogP contribution in [-0.4, -0.2) is 52.0 Å². The van der Waals surface area contributed by atoms with Gasteiger partial charge >= 0.3 is 0 Å². The number of aromatic nitrogens is 3. The first kappa shape index (κ1) is 25.5. The summed E-state index contributed by atoms with van der Waals surface area (Å²) < 4.78 is 2.04. The predicted molar refractivity (Wildman–Crippen MR) is 137 cm³/mol. The molecule has 1 heterocycles. The van der Waals surface area contributed by atoms with Gasteiger partial charge in [0.05, 0.1) is 24.3 Å². The van der Waals surface area contributed by atoms with Crippen LogP contribution in [0.5, 0.6) is 0 Å². The summed E-state index contributed by atoms with van der Waals surface area (Å²) in [6.45, 7) is 6.50. The number of carbonyl (C=O) groups excluding carboxylic acids is 1. The second kappa shape index (κ2) is 11.8. The maximum Gasteiger partial charge on any atom is 0.237 e. The average Bonchev–Trinajstić information content (AvgIpc) is 3.21. The number of para-hydroxylation sites is 1. The Bertz CT molecular complexity index is 1130. The minimum atomic E-state index is -0.0611. The van der Waals surface area contributed by atoms with Crippen molar-refractivity contribution in [3.63, 3.8) is 0 Å². The second-order valence-electron chi connectivity index (χ2n) is 8.49. The molecule has 0 aliphatic heterocycles. The SMILES string of the molecule is CCC(c1nnc(SCC(=O)N(CCC#N)c2cc(C)cc(C)c2)n1-c1ccccc1)N(C)C. The quantitative estimate of drug-likeness (QED) is 0.386. The topological polar surface area (TPSA) is 78.0 Å². The van der Waals surface area contributed by atoms with E-state index < -0.39 is 0 Å². The Morgan fingerprint density at radius 2 is 1.79 bits per heavy atom. The van der Waals surface area contributed by atoms with E-state index in [-0.39, 0.29) is 24.1 Å². The summed E-state index contributed by atoms with van der Waals surface area (Å²) in [6, 6.07) is 18.3. The van der Waals surface area contributed by atoms with Crippen LogP contribution in [0.3, 0.4) is 0 Å². The van der Waals surface area contributed by atoms with Gasteiger partial charge in [-0.25, -0.2) is 0 Å². The van der Waals surface area contributed by atoms with Crippen LogP contribution in [0.25, 0.3) is 5.69 Å². The Morgan fingerprint density at radius 1 is 1.12 bits per heavy atom. The van der Waals surface area contributed by atoms with Gasteiger partial charge in [0.1, 0.15) is 0 Å². The van der Waals surface area contributed by atoms with Gasteiger partial charge in [-0.2, -0.15) is 5.26 Å². The maximum absolute atomic E-state index is 13.3. The number of aryl methyl sites for hydroxylation is 2. The molecule has 34 heavy (non-hydrogen) atoms. The normalized spacial score (nSPS) is 11.9. The van der Waals surface area contributed by atoms with Crippen LogP contribution in [0, 0.1) is 25.2 Å². The fourth-order valence-corrected chi connectivity index (χ4v) is 4.89. The Kier molecular flexibility index (Phi) is 8.85. The highest BCUT2D eigenvalue weighted by molar-refractivity contribution is 7.99. The number of nitrogens with zero attached hydrogens (tertiary/aromatic N) is 6. The third-order valence-electron chi connectivity index (χ3n) is 5.57. The Hall–Kier alpha value is -3.15. The number of hydrogen-bond donors (Lipinski definition) is 0. The van der Waals surface area contributed by atoms with Gasteiger partial charge in [0.15, 0.2) is 11.0 Å². The molecule has 0 N–H and O–H groups in total. The highest BCUT2D eigenvalue weighted by Crippen LogP contribution is 2.29. The molecule has 0 aliphatic carbocycles. The summed E-state index contributed by atoms with van der Waals surface area (Å²) in [6.07, 6.45) is 1.16. The van der Waals surface area contributed by atoms with Gasteiger partial charge < -0.3 is 4.90 Å². The van der Waals surface area contributed by atoms with Gasteiger partial charge in [0, 0.05) is 17.9 Å². The van der Waals surface area contributed by atoms with E-state index in [9.17, 15) is 4.79 Å². The first-order chi connectivity index (χ1) is 16.3. The molecule has 3 aromatic rings. The smallest absolute Gasteiger partial charge is 0.237 e. The molecular formula is C26H32N6OS. The van der Waals surface area contributed by atoms with E-state index >= 15 is 0 Å². The number of anilines is 1. The van der Waals surface area contributed by atoms with Crippen molar-refractivity contribution in [3.05, 3.63) is 65.5 Å². The van der Waals surface area contributed by atoms with Gasteiger partial charge in [0.25, 0.3) is 0 Å². The molecule has 3 rings (SSSR count). The number of carbonyl (C=O) groups is 1. The number of rotatable bonds is 10. The zero-order valence-corrected chi connectivity index (χ0v) is 21.3. The third-order valence-corrected chi connectivity index (χ3v) is 6.49. The lowest BCUT2D eigenvalue weighted by Crippen LogP contribution is -2.33. The highest BCUT2D eigenvalue weighted by atomic mass is 32.2. The molecule has 2 aromatic carbocycles. The van der Waals surface area contributed by atoms with E-state index in [1.54, 1.807) is 4.90 Å². The van der Waals surface area contributed by atoms with Crippen molar-refractivity contribution in [2.24, 2.45) is 0 Å². The maximum atomic E-state index is 13.3. The van der Waals surface area contributed by atoms with Crippen molar-refractivity contribution in [2.75, 3.05) is 31.3 Å². The molecule has 1 atom stereocenters. The molecule has 0 saturated carbocycles. The second-order valence-corrected chi connectivity index (χ2v) is 9.43. The van der Waals surface area contributed by atoms with Crippen molar-refractivity contribution >= 4 is 23.4 Å². The molecule has 7 nitrogen and oxygen atoms in total. The molecule has 0 fully saturated rings. The lowest BCUT2D eigenvalue weighted by atomic mass is 10.1. The summed E-state index contributed by atoms with van der Waals surface area (Å²) in [7, 11) is 4.07. The summed E-state index contributed by atoms with van der Waals surface area (Å²) in [5.41, 5.74) is 3.95. The molecule has 0 radical (unpaired) electrons. The first-order valence-corrected chi connectivity index (χ1v) is 12.4. The van der Waals surface area contributed by atoms with E-state index in [1.165, 1.54) is 11.8 Å². The van der Waals surface area contributed by atoms with Crippen molar-refractivity contribution in [1.29, 1.82) is 5.26 Å². The largest absolute Gasteiger partial charge is 0.311 e. The van der Waals surface area contributed by atoms with Crippen LogP contribution in [-0.2, 0) is 4.79 Å². The van der Waals surface area contributed by atoms with Crippen LogP contribution in [0.15, 0.2) is 53.7 Å². The minimum absolute atomic E-state index is 0.0611. The lowest BCUT2D eigenvalue weighted by Gasteiger charge is -2.24. The Labute approximate surface area is 206 Å². The van der Waals surface area contributed by atoms with Crippen LogP contribution in [0.4, 0.5) is 5.69 Å². The lowest BCUT2D eigenvalue weighted by molar-refractivity contribution is -0.116. The molecule has 8 heteroatoms. The molecule has 1 amide bonds. The van der Waals surface area contributed by atoms with E-state index in [2.05, 4.69) is 34.2 Å². The van der Waals surface area contributed by atoms with E-state index in [0.717, 1.165) is 34.7 Å². The number of thioether (sulfide) groups is 1. The van der Waals surface area contributed by atoms with E-state index in [1.807, 2.05) is 75.0 Å². The van der Waals surface area contributed by atoms with Gasteiger partial charge in [-0.3, -0.25) is 14.3 Å². The Morgan fingerprint density at radius 3 is 2.38 bits per heavy atom. The highest BCUT2D eigenvalue weighted by Gasteiger charge is 2.24. The van der Waals surface area contributed by atoms with Crippen molar-refractivity contribution in [2.45, 2.75) is 44.8 Å². The Balaban J connectivity index is 1.90. The molecule has 1 aromatic heterocycles. The van der Waals surface area contributed by atoms with E-state index in [4.69, 9.17) is 5.26 Å². The van der Waals surface area contributed by atoms with Crippen LogP contribution in [0.2, 0.25) is 0 Å². The number of nitriles is 1. The van der Waals surface area contributed by atoms with Crippen LogP contribution < -0.4 is 4.90 Å². The van der Waals surface area contributed by atoms with Gasteiger partial charge in [-0.05, 0) is 69.8 Å². The number of amides is 1. The monoisotopic (exact) mass is 476 g/mol. The summed E-state index contributed by atoms with van der Waals surface area (Å²) >= 11 is 1.37. The van der Waals surface area contributed by atoms with Crippen molar-refractivity contribution < 1.29 is 4.79 Å². The first-order valence-electron chi connectivity index (χ1n) is 11.4. The van der Waals surface area contributed by atoms with Crippen LogP contribution >= 0.6 is 11.8 Å². The number of hydrogen-bond acceptors (Lipinski definition) is 6. The average molecular weight is 477 g/mol. The molecule has 0 spiro atoms. The standard InChI is InChI=1S/C26H32N6OS/c1-6-23(30(4)5)25-28-29-26(32(25)21-11-8-7-9-12-21)34-18-24(33)31(14-10-13-27)22-16-19(2)15-20(3)17-22/h7-9,11-12,15-17,23H,6,10,14,18H2,1-5H3. The fourth-order valence-electron chi connectivity index (χ4n) is 4.06. The van der Waals surface area contributed by atoms with Crippen molar-refractivity contribution in [3.8, 4) is 11.8 Å². The summed E-state index contributed by atoms with van der Waals surface area (Å²) in [5, 5.41) is 18.8. The molecule has 1 unspecified atom stereocenters. The van der Waals surface area contributed by atoms with Crippen LogP contribution in [0.1, 0.15) is 42.8 Å². The van der Waals surface area contributed by atoms with Gasteiger partial charge in [-0.1, -0.05) is 43.0 Å². The van der Waals surface area contributed by atoms with E-state index in [0.29, 0.717) is 11.7 Å². The zero-order valence-electron chi connectivity index (χ0n) is 20.5. The fraction of sp³-hybridized carbons (Fsp3) is 0.385. The third kappa shape index (κ3) is 6.04. The summed E-state index contributed by atoms with van der Waals surface area (Å²) in [4.78, 5) is 17.2. The molecule has 178 valence electrons. The minimum Gasteiger partial charge on any atom is -0.311 e. The predicted octanol–water partition coefficient (Wildman–Crippen LogP) is 4.94. The number of benzene rings is 2. The molecular weight excluding hydrogens is 444 g/mol. The zero-order chi connectivity index (χ0) is 24.7. The molecule has 0 bridgehead atoms. The molecule has 0 aliphatic rings. The van der Waals surface area contributed by atoms with Gasteiger partial charge in [0.2, 0.25) is 5.91 Å². The molecule has 0 saturated heterocycles. The van der Waals surface area contributed by atoms with Crippen molar-refractivity contribution in [1.82, 2.24) is 19.7 Å².